The summed E-state index contributed by atoms with van der Waals surface area (Å²) in [5.74, 6) is -13.0. The maximum atomic E-state index is 13.3. The van der Waals surface area contributed by atoms with E-state index in [9.17, 15) is 26.7 Å². The van der Waals surface area contributed by atoms with Gasteiger partial charge in [0.15, 0.2) is 0 Å². The Morgan fingerprint density at radius 2 is 1.46 bits per heavy atom. The minimum Gasteiger partial charge on any atom is -0.404 e. The largest absolute Gasteiger partial charge is 0.483 e. The number of rotatable bonds is 7. The van der Waals surface area contributed by atoms with Crippen LogP contribution in [0.4, 0.5) is 26.7 Å². The van der Waals surface area contributed by atoms with Crippen LogP contribution in [0.3, 0.4) is 0 Å². The first-order chi connectivity index (χ1) is 11.2. The number of amides is 1. The van der Waals surface area contributed by atoms with Crippen molar-refractivity contribution in [3.8, 4) is 5.75 Å². The summed E-state index contributed by atoms with van der Waals surface area (Å²) in [4.78, 5) is 11.4. The van der Waals surface area contributed by atoms with Crippen molar-refractivity contribution in [2.24, 2.45) is 0 Å². The Hall–Kier alpha value is -1.76. The zero-order valence-corrected chi connectivity index (χ0v) is 13.9. The monoisotopic (exact) mass is 375 g/mol. The number of nitrogens with one attached hydrogen (secondary N) is 1. The number of halogens is 5. The molecular formula is C12H14F5NO5Si. The Morgan fingerprint density at radius 3 is 1.92 bits per heavy atom. The highest BCUT2D eigenvalue weighted by molar-refractivity contribution is 6.36. The molecule has 1 atom stereocenters. The van der Waals surface area contributed by atoms with Gasteiger partial charge in [0.05, 0.1) is 6.10 Å². The Balaban J connectivity index is 2.70. The lowest BCUT2D eigenvalue weighted by atomic mass is 10.2. The molecular weight excluding hydrogens is 361 g/mol. The van der Waals surface area contributed by atoms with Gasteiger partial charge in [-0.3, -0.25) is 0 Å². The van der Waals surface area contributed by atoms with Crippen molar-refractivity contribution in [2.45, 2.75) is 13.0 Å². The molecule has 0 saturated heterocycles. The smallest absolute Gasteiger partial charge is 0.404 e. The van der Waals surface area contributed by atoms with Crippen molar-refractivity contribution in [2.75, 3.05) is 20.8 Å². The second-order valence-corrected chi connectivity index (χ2v) is 6.17. The first-order valence-corrected chi connectivity index (χ1v) is 7.82. The van der Waals surface area contributed by atoms with Gasteiger partial charge >= 0.3 is 15.6 Å². The van der Waals surface area contributed by atoms with Crippen LogP contribution in [0, 0.1) is 29.1 Å². The van der Waals surface area contributed by atoms with E-state index in [1.165, 1.54) is 21.1 Å². The van der Waals surface area contributed by atoms with E-state index in [1.807, 2.05) is 5.32 Å². The van der Waals surface area contributed by atoms with Gasteiger partial charge in [-0.2, -0.15) is 8.78 Å². The normalized spacial score (nSPS) is 12.4. The molecule has 12 heteroatoms. The predicted molar refractivity (Wildman–Crippen MR) is 72.0 cm³/mol. The molecule has 0 spiro atoms. The summed E-state index contributed by atoms with van der Waals surface area (Å²) in [7, 11) is 0.348. The molecule has 1 unspecified atom stereocenters. The summed E-state index contributed by atoms with van der Waals surface area (Å²) in [6.07, 6.45) is -2.05. The van der Waals surface area contributed by atoms with Crippen LogP contribution >= 0.6 is 0 Å². The first-order valence-electron chi connectivity index (χ1n) is 6.41. The second-order valence-electron chi connectivity index (χ2n) is 4.38. The summed E-state index contributed by atoms with van der Waals surface area (Å²) < 4.78 is 84.6. The highest BCUT2D eigenvalue weighted by atomic mass is 28.3. The number of benzene rings is 1. The Kier molecular flexibility index (Phi) is 7.53. The van der Waals surface area contributed by atoms with Crippen molar-refractivity contribution in [3.05, 3.63) is 29.1 Å². The predicted octanol–water partition coefficient (Wildman–Crippen LogP) is 1.89. The summed E-state index contributed by atoms with van der Waals surface area (Å²) in [5.41, 5.74) is 0. The van der Waals surface area contributed by atoms with Gasteiger partial charge in [0.1, 0.15) is 0 Å². The molecule has 1 aromatic rings. The number of hydrogen-bond acceptors (Lipinski definition) is 5. The molecule has 0 aliphatic rings. The van der Waals surface area contributed by atoms with Crippen LogP contribution in [-0.4, -0.2) is 42.5 Å². The Morgan fingerprint density at radius 1 is 1.00 bits per heavy atom. The lowest BCUT2D eigenvalue weighted by molar-refractivity contribution is 0.0936. The van der Waals surface area contributed by atoms with E-state index >= 15 is 0 Å². The van der Waals surface area contributed by atoms with Gasteiger partial charge in [-0.1, -0.05) is 0 Å². The maximum Gasteiger partial charge on any atom is 0.483 e. The highest BCUT2D eigenvalue weighted by Gasteiger charge is 2.28. The fraction of sp³-hybridized carbons (Fsp3) is 0.417. The van der Waals surface area contributed by atoms with E-state index in [2.05, 4.69) is 4.74 Å². The van der Waals surface area contributed by atoms with Crippen molar-refractivity contribution >= 4 is 15.6 Å². The Labute approximate surface area is 135 Å². The number of carbonyl (C=O) groups excluding carboxylic acids is 1. The van der Waals surface area contributed by atoms with E-state index in [1.54, 1.807) is 0 Å². The molecule has 0 heterocycles. The van der Waals surface area contributed by atoms with Crippen LogP contribution in [0.2, 0.25) is 0 Å². The molecule has 0 aliphatic heterocycles. The summed E-state index contributed by atoms with van der Waals surface area (Å²) in [5, 5.41) is 2.05. The lowest BCUT2D eigenvalue weighted by Crippen LogP contribution is -2.38. The van der Waals surface area contributed by atoms with Crippen molar-refractivity contribution in [1.82, 2.24) is 5.32 Å². The molecule has 0 bridgehead atoms. The maximum absolute atomic E-state index is 13.3. The van der Waals surface area contributed by atoms with Crippen molar-refractivity contribution in [3.63, 3.8) is 0 Å². The van der Waals surface area contributed by atoms with Crippen LogP contribution in [0.5, 0.6) is 5.75 Å². The minimum absolute atomic E-state index is 0.190. The second kappa shape index (κ2) is 8.91. The molecule has 0 fully saturated rings. The van der Waals surface area contributed by atoms with E-state index < -0.39 is 56.6 Å². The summed E-state index contributed by atoms with van der Waals surface area (Å²) in [6, 6.07) is 0. The third-order valence-corrected chi connectivity index (χ3v) is 4.08. The molecule has 1 aromatic carbocycles. The van der Waals surface area contributed by atoms with E-state index in [0.717, 1.165) is 0 Å². The van der Waals surface area contributed by atoms with Crippen LogP contribution in [-0.2, 0) is 13.3 Å². The molecule has 0 radical (unpaired) electrons. The van der Waals surface area contributed by atoms with E-state index in [-0.39, 0.29) is 6.54 Å². The molecule has 6 nitrogen and oxygen atoms in total. The molecule has 24 heavy (non-hydrogen) atoms. The average molecular weight is 375 g/mol. The van der Waals surface area contributed by atoms with Crippen molar-refractivity contribution in [1.29, 1.82) is 0 Å². The van der Waals surface area contributed by atoms with Crippen LogP contribution in [0.1, 0.15) is 6.92 Å². The number of ether oxygens (including phenoxy) is 1. The van der Waals surface area contributed by atoms with Gasteiger partial charge in [-0.25, -0.2) is 18.0 Å². The van der Waals surface area contributed by atoms with Crippen LogP contribution < -0.4 is 10.1 Å². The molecule has 136 valence electrons. The quantitative estimate of drug-likeness (QED) is 0.341. The van der Waals surface area contributed by atoms with Gasteiger partial charge in [-0.15, -0.1) is 0 Å². The molecule has 0 saturated carbocycles. The molecule has 1 N–H and O–H groups in total. The molecule has 1 rings (SSSR count). The minimum atomic E-state index is -2.37. The third kappa shape index (κ3) is 4.86. The fourth-order valence-electron chi connectivity index (χ4n) is 1.48. The average Bonchev–Trinajstić information content (AvgIpc) is 2.58. The third-order valence-electron chi connectivity index (χ3n) is 2.63. The SMILES string of the molecule is CO[SiH](OC)OC(C)CNC(=O)Oc1c(F)c(F)c(F)c(F)c1F. The lowest BCUT2D eigenvalue weighted by Gasteiger charge is -2.18. The topological polar surface area (TPSA) is 66.0 Å². The van der Waals surface area contributed by atoms with Gasteiger partial charge in [0, 0.05) is 20.8 Å². The van der Waals surface area contributed by atoms with Crippen LogP contribution in [0.15, 0.2) is 0 Å². The molecule has 0 aromatic heterocycles. The van der Waals surface area contributed by atoms with E-state index in [4.69, 9.17) is 13.3 Å². The van der Waals surface area contributed by atoms with Crippen molar-refractivity contribution < 1.29 is 44.8 Å². The first kappa shape index (κ1) is 20.3. The zero-order valence-electron chi connectivity index (χ0n) is 12.8. The standard InChI is InChI=1S/C12H14F5NO5Si/c1-5(23-24(20-2)21-3)4-18-12(19)22-11-9(16)7(14)6(13)8(15)10(11)17/h5,24H,4H2,1-3H3,(H,18,19). The summed E-state index contributed by atoms with van der Waals surface area (Å²) >= 11 is 0. The molecule has 0 aliphatic carbocycles. The van der Waals surface area contributed by atoms with E-state index in [0.29, 0.717) is 0 Å². The number of hydrogen-bond donors (Lipinski definition) is 1. The fourth-order valence-corrected chi connectivity index (χ4v) is 2.37. The van der Waals surface area contributed by atoms with Crippen LogP contribution in [0.25, 0.3) is 0 Å². The Bertz CT molecular complexity index is 573. The zero-order chi connectivity index (χ0) is 18.4. The van der Waals surface area contributed by atoms with Gasteiger partial charge in [0.2, 0.25) is 34.8 Å². The van der Waals surface area contributed by atoms with Gasteiger partial charge in [-0.05, 0) is 6.92 Å². The number of carbonyl (C=O) groups is 1. The molecule has 1 amide bonds. The van der Waals surface area contributed by atoms with Gasteiger partial charge < -0.3 is 23.3 Å². The highest BCUT2D eigenvalue weighted by Crippen LogP contribution is 2.29. The van der Waals surface area contributed by atoms with Gasteiger partial charge in [0.25, 0.3) is 0 Å². The summed E-state index contributed by atoms with van der Waals surface area (Å²) in [6.45, 7) is 1.33.